The largest absolute Gasteiger partial charge is 0.375 e. The Morgan fingerprint density at radius 2 is 2.12 bits per heavy atom. The normalized spacial score (nSPS) is 19.5. The van der Waals surface area contributed by atoms with Crippen LogP contribution in [0, 0.1) is 0 Å². The first-order valence-electron chi connectivity index (χ1n) is 8.14. The number of hydrogen-bond donors (Lipinski definition) is 2. The maximum Gasteiger partial charge on any atom is 0.250 e. The first-order valence-corrected chi connectivity index (χ1v) is 8.52. The Hall–Kier alpha value is -1.86. The number of pyridine rings is 1. The minimum Gasteiger partial charge on any atom is -0.375 e. The van der Waals surface area contributed by atoms with E-state index >= 15 is 0 Å². The van der Waals surface area contributed by atoms with Crippen molar-refractivity contribution in [2.45, 2.75) is 25.6 Å². The summed E-state index contributed by atoms with van der Waals surface area (Å²) in [5.74, 6) is -0.185. The standard InChI is InChI=1S/C18H20ClN3O3.ClH/c1-12-17(20-8-9-25-12)18(24)21-14-6-7-16(23)22(11-14)10-13-4-2-3-5-15(13)19;/h2-7,11-12,17,20H,8-10H2,1H3,(H,21,24);1H/t12-,17+;/m1./s1. The zero-order chi connectivity index (χ0) is 17.8. The second kappa shape index (κ2) is 9.19. The summed E-state index contributed by atoms with van der Waals surface area (Å²) in [5, 5.41) is 6.57. The number of aromatic nitrogens is 1. The number of hydrogen-bond acceptors (Lipinski definition) is 4. The molecule has 26 heavy (non-hydrogen) atoms. The van der Waals surface area contributed by atoms with E-state index in [1.54, 1.807) is 18.3 Å². The van der Waals surface area contributed by atoms with Gasteiger partial charge in [0.2, 0.25) is 5.91 Å². The number of ether oxygens (including phenoxy) is 1. The molecule has 0 unspecified atom stereocenters. The highest BCUT2D eigenvalue weighted by atomic mass is 35.5. The van der Waals surface area contributed by atoms with Gasteiger partial charge in [0.05, 0.1) is 24.9 Å². The molecule has 0 bridgehead atoms. The van der Waals surface area contributed by atoms with Crippen LogP contribution >= 0.6 is 24.0 Å². The Labute approximate surface area is 162 Å². The summed E-state index contributed by atoms with van der Waals surface area (Å²) < 4.78 is 7.01. The zero-order valence-corrected chi connectivity index (χ0v) is 15.8. The van der Waals surface area contributed by atoms with E-state index < -0.39 is 6.04 Å². The van der Waals surface area contributed by atoms with Crippen molar-refractivity contribution in [1.82, 2.24) is 9.88 Å². The van der Waals surface area contributed by atoms with Crippen molar-refractivity contribution >= 4 is 35.6 Å². The molecule has 0 saturated carbocycles. The van der Waals surface area contributed by atoms with E-state index in [2.05, 4.69) is 10.6 Å². The van der Waals surface area contributed by atoms with Gasteiger partial charge in [-0.1, -0.05) is 29.8 Å². The Morgan fingerprint density at radius 3 is 2.85 bits per heavy atom. The van der Waals surface area contributed by atoms with Gasteiger partial charge in [-0.15, -0.1) is 12.4 Å². The van der Waals surface area contributed by atoms with Gasteiger partial charge in [0.25, 0.3) is 5.56 Å². The van der Waals surface area contributed by atoms with Crippen LogP contribution in [-0.2, 0) is 16.1 Å². The van der Waals surface area contributed by atoms with Crippen molar-refractivity contribution in [3.63, 3.8) is 0 Å². The summed E-state index contributed by atoms with van der Waals surface area (Å²) in [7, 11) is 0. The predicted octanol–water partition coefficient (Wildman–Crippen LogP) is 2.29. The maximum absolute atomic E-state index is 12.4. The molecule has 3 rings (SSSR count). The smallest absolute Gasteiger partial charge is 0.250 e. The molecule has 1 aromatic carbocycles. The molecule has 1 fully saturated rings. The molecule has 2 atom stereocenters. The number of halogens is 2. The lowest BCUT2D eigenvalue weighted by Gasteiger charge is -2.29. The fourth-order valence-electron chi connectivity index (χ4n) is 2.79. The quantitative estimate of drug-likeness (QED) is 0.829. The molecule has 1 saturated heterocycles. The number of carbonyl (C=O) groups is 1. The third kappa shape index (κ3) is 4.86. The predicted molar refractivity (Wildman–Crippen MR) is 104 cm³/mol. The number of rotatable bonds is 4. The molecule has 1 aliphatic rings. The second-order valence-electron chi connectivity index (χ2n) is 5.97. The molecular formula is C18H21Cl2N3O3. The van der Waals surface area contributed by atoms with Gasteiger partial charge in [-0.25, -0.2) is 0 Å². The highest BCUT2D eigenvalue weighted by Gasteiger charge is 2.28. The van der Waals surface area contributed by atoms with Crippen molar-refractivity contribution < 1.29 is 9.53 Å². The lowest BCUT2D eigenvalue weighted by molar-refractivity contribution is -0.123. The second-order valence-corrected chi connectivity index (χ2v) is 6.38. The molecule has 8 heteroatoms. The fraction of sp³-hybridized carbons (Fsp3) is 0.333. The Balaban J connectivity index is 0.00000243. The van der Waals surface area contributed by atoms with Gasteiger partial charge in [-0.2, -0.15) is 0 Å². The van der Waals surface area contributed by atoms with E-state index in [1.165, 1.54) is 10.6 Å². The molecule has 6 nitrogen and oxygen atoms in total. The summed E-state index contributed by atoms with van der Waals surface area (Å²) in [6, 6.07) is 9.96. The SMILES string of the molecule is C[C@H]1OCCN[C@@H]1C(=O)Nc1ccc(=O)n(Cc2ccccc2Cl)c1.Cl. The maximum atomic E-state index is 12.4. The topological polar surface area (TPSA) is 72.4 Å². The molecule has 0 aliphatic carbocycles. The molecule has 140 valence electrons. The van der Waals surface area contributed by atoms with Crippen molar-refractivity contribution in [2.75, 3.05) is 18.5 Å². The van der Waals surface area contributed by atoms with E-state index in [1.807, 2.05) is 25.1 Å². The van der Waals surface area contributed by atoms with Gasteiger partial charge in [0.15, 0.2) is 0 Å². The first-order chi connectivity index (χ1) is 12.0. The number of benzene rings is 1. The van der Waals surface area contributed by atoms with Gasteiger partial charge in [-0.05, 0) is 24.6 Å². The minimum absolute atomic E-state index is 0. The van der Waals surface area contributed by atoms with Crippen LogP contribution in [-0.4, -0.2) is 35.8 Å². The summed E-state index contributed by atoms with van der Waals surface area (Å²) >= 11 is 6.16. The first kappa shape index (κ1) is 20.5. The van der Waals surface area contributed by atoms with Crippen molar-refractivity contribution in [1.29, 1.82) is 0 Å². The summed E-state index contributed by atoms with van der Waals surface area (Å²) in [4.78, 5) is 24.5. The molecule has 1 aromatic heterocycles. The van der Waals surface area contributed by atoms with Crippen LogP contribution in [0.2, 0.25) is 5.02 Å². The van der Waals surface area contributed by atoms with Gasteiger partial charge >= 0.3 is 0 Å². The highest BCUT2D eigenvalue weighted by Crippen LogP contribution is 2.16. The van der Waals surface area contributed by atoms with E-state index in [4.69, 9.17) is 16.3 Å². The van der Waals surface area contributed by atoms with Gasteiger partial charge in [0, 0.05) is 23.8 Å². The van der Waals surface area contributed by atoms with E-state index in [0.29, 0.717) is 30.4 Å². The minimum atomic E-state index is -0.419. The summed E-state index contributed by atoms with van der Waals surface area (Å²) in [5.41, 5.74) is 1.23. The van der Waals surface area contributed by atoms with Crippen LogP contribution in [0.15, 0.2) is 47.4 Å². The Morgan fingerprint density at radius 1 is 1.35 bits per heavy atom. The third-order valence-electron chi connectivity index (χ3n) is 4.15. The van der Waals surface area contributed by atoms with Crippen molar-refractivity contribution in [3.05, 3.63) is 63.5 Å². The number of nitrogens with zero attached hydrogens (tertiary/aromatic N) is 1. The average Bonchev–Trinajstić information content (AvgIpc) is 2.60. The van der Waals surface area contributed by atoms with Crippen LogP contribution < -0.4 is 16.2 Å². The molecular weight excluding hydrogens is 377 g/mol. The van der Waals surface area contributed by atoms with E-state index in [-0.39, 0.29) is 30.0 Å². The molecule has 1 aliphatic heterocycles. The number of anilines is 1. The number of nitrogens with one attached hydrogen (secondary N) is 2. The van der Waals surface area contributed by atoms with E-state index in [9.17, 15) is 9.59 Å². The van der Waals surface area contributed by atoms with Crippen LogP contribution in [0.3, 0.4) is 0 Å². The summed E-state index contributed by atoms with van der Waals surface area (Å²) in [6.07, 6.45) is 1.42. The van der Waals surface area contributed by atoms with Crippen LogP contribution in [0.25, 0.3) is 0 Å². The lowest BCUT2D eigenvalue weighted by atomic mass is 10.1. The highest BCUT2D eigenvalue weighted by molar-refractivity contribution is 6.31. The van der Waals surface area contributed by atoms with Crippen LogP contribution in [0.5, 0.6) is 0 Å². The van der Waals surface area contributed by atoms with Crippen LogP contribution in [0.1, 0.15) is 12.5 Å². The number of carbonyl (C=O) groups excluding carboxylic acids is 1. The molecule has 0 radical (unpaired) electrons. The van der Waals surface area contributed by atoms with Gasteiger partial charge in [0.1, 0.15) is 6.04 Å². The van der Waals surface area contributed by atoms with E-state index in [0.717, 1.165) is 5.56 Å². The lowest BCUT2D eigenvalue weighted by Crippen LogP contribution is -2.53. The summed E-state index contributed by atoms with van der Waals surface area (Å²) in [6.45, 7) is 3.42. The molecule has 1 amide bonds. The average molecular weight is 398 g/mol. The van der Waals surface area contributed by atoms with Crippen LogP contribution in [0.4, 0.5) is 5.69 Å². The molecule has 0 spiro atoms. The Kier molecular flexibility index (Phi) is 7.23. The van der Waals surface area contributed by atoms with Crippen molar-refractivity contribution in [2.24, 2.45) is 0 Å². The fourth-order valence-corrected chi connectivity index (χ4v) is 2.98. The van der Waals surface area contributed by atoms with Gasteiger partial charge < -0.3 is 19.9 Å². The van der Waals surface area contributed by atoms with Gasteiger partial charge in [-0.3, -0.25) is 9.59 Å². The molecule has 2 aromatic rings. The van der Waals surface area contributed by atoms with Crippen molar-refractivity contribution in [3.8, 4) is 0 Å². The monoisotopic (exact) mass is 397 g/mol. The molecule has 2 N–H and O–H groups in total. The third-order valence-corrected chi connectivity index (χ3v) is 4.52. The molecule has 2 heterocycles. The number of amides is 1. The Bertz CT molecular complexity index is 825. The zero-order valence-electron chi connectivity index (χ0n) is 14.3. The number of morpholine rings is 1.